The summed E-state index contributed by atoms with van der Waals surface area (Å²) in [6, 6.07) is 0. The van der Waals surface area contributed by atoms with E-state index in [1.54, 1.807) is 0 Å². The van der Waals surface area contributed by atoms with Crippen LogP contribution in [0.4, 0.5) is 0 Å². The molecule has 0 spiro atoms. The van der Waals surface area contributed by atoms with Gasteiger partial charge in [0.15, 0.2) is 0 Å². The second kappa shape index (κ2) is 7.78. The average Bonchev–Trinajstić information content (AvgIpc) is 2.05. The van der Waals surface area contributed by atoms with Crippen molar-refractivity contribution in [1.82, 2.24) is 0 Å². The number of aliphatic carboxylic acids is 1. The molecule has 1 aliphatic rings. The molecule has 0 unspecified atom stereocenters. The Labute approximate surface area is 101 Å². The topological polar surface area (TPSA) is 40.1 Å². The van der Waals surface area contributed by atoms with Gasteiger partial charge in [-0.15, -0.1) is 0 Å². The Morgan fingerprint density at radius 2 is 1.85 bits per heavy atom. The minimum absolute atomic E-state index is 0. The summed E-state index contributed by atoms with van der Waals surface area (Å²) in [5.41, 5.74) is 0. The molecule has 71 valence electrons. The number of hydrogen-bond acceptors (Lipinski definition) is 2. The number of carbonyl (C=O) groups is 1. The number of rotatable bonds is 4. The summed E-state index contributed by atoms with van der Waals surface area (Å²) in [7, 11) is 0. The largest absolute Gasteiger partial charge is 1.00 e. The van der Waals surface area contributed by atoms with E-state index in [0.29, 0.717) is 0 Å². The van der Waals surface area contributed by atoms with Crippen LogP contribution < -0.4 is 5.11 Å². The predicted molar refractivity (Wildman–Crippen MR) is 45.4 cm³/mol. The first kappa shape index (κ1) is 13.4. The van der Waals surface area contributed by atoms with Gasteiger partial charge in [-0.1, -0.05) is 38.5 Å². The van der Waals surface area contributed by atoms with Gasteiger partial charge in [0.2, 0.25) is 0 Å². The molecule has 1 rings (SSSR count). The number of carboxylic acids is 1. The molecule has 1 aliphatic carbocycles. The van der Waals surface area contributed by atoms with E-state index in [9.17, 15) is 9.90 Å². The molecule has 0 aromatic heterocycles. The third kappa shape index (κ3) is 6.47. The second-order valence-corrected chi connectivity index (χ2v) is 3.77. The van der Waals surface area contributed by atoms with Crippen molar-refractivity contribution in [2.24, 2.45) is 5.92 Å². The maximum absolute atomic E-state index is 10.1. The van der Waals surface area contributed by atoms with Crippen LogP contribution >= 0.6 is 0 Å². The minimum atomic E-state index is -0.897. The Morgan fingerprint density at radius 1 is 1.23 bits per heavy atom. The molecular weight excluding hydrogens is 353 g/mol. The van der Waals surface area contributed by atoms with Crippen LogP contribution in [0.2, 0.25) is 0 Å². The van der Waals surface area contributed by atoms with Gasteiger partial charge in [-0.25, -0.2) is 0 Å². The first-order chi connectivity index (χ1) is 5.79. The van der Waals surface area contributed by atoms with E-state index in [0.717, 1.165) is 18.8 Å². The Hall–Kier alpha value is 0.405. The fraction of sp³-hybridized carbons (Fsp3) is 0.900. The van der Waals surface area contributed by atoms with E-state index in [-0.39, 0.29) is 34.1 Å². The fourth-order valence-electron chi connectivity index (χ4n) is 2.01. The maximum atomic E-state index is 10.1. The van der Waals surface area contributed by atoms with Gasteiger partial charge in [-0.3, -0.25) is 0 Å². The molecular formula is C10H17HgO2. The van der Waals surface area contributed by atoms with Crippen LogP contribution in [0, 0.1) is 5.92 Å². The van der Waals surface area contributed by atoms with Gasteiger partial charge >= 0.3 is 27.7 Å². The number of carbonyl (C=O) groups excluding carboxylic acids is 1. The molecule has 1 fully saturated rings. The molecule has 13 heavy (non-hydrogen) atoms. The molecule has 1 radical (unpaired) electrons. The molecule has 0 heterocycles. The summed E-state index contributed by atoms with van der Waals surface area (Å²) in [6.45, 7) is 0. The van der Waals surface area contributed by atoms with E-state index in [4.69, 9.17) is 0 Å². The standard InChI is InChI=1S/C10H18O2.Hg/c11-10(12)8-4-7-9-5-2-1-3-6-9;/h9H,1-8H2,(H,11,12);/q;+1/p-1. The summed E-state index contributed by atoms with van der Waals surface area (Å²) >= 11 is 0. The van der Waals surface area contributed by atoms with Gasteiger partial charge in [-0.05, 0) is 18.8 Å². The van der Waals surface area contributed by atoms with E-state index in [2.05, 4.69) is 0 Å². The summed E-state index contributed by atoms with van der Waals surface area (Å²) in [4.78, 5) is 10.1. The van der Waals surface area contributed by atoms with Crippen molar-refractivity contribution in [3.63, 3.8) is 0 Å². The second-order valence-electron chi connectivity index (χ2n) is 3.77. The zero-order chi connectivity index (χ0) is 8.81. The van der Waals surface area contributed by atoms with E-state index in [1.165, 1.54) is 32.1 Å². The van der Waals surface area contributed by atoms with Crippen molar-refractivity contribution < 1.29 is 37.6 Å². The van der Waals surface area contributed by atoms with Gasteiger partial charge in [0.1, 0.15) is 0 Å². The molecule has 0 saturated heterocycles. The zero-order valence-electron chi connectivity index (χ0n) is 8.26. The van der Waals surface area contributed by atoms with Crippen LogP contribution in [-0.2, 0) is 32.5 Å². The summed E-state index contributed by atoms with van der Waals surface area (Å²) in [6.07, 6.45) is 8.83. The van der Waals surface area contributed by atoms with Crippen molar-refractivity contribution in [3.05, 3.63) is 0 Å². The van der Waals surface area contributed by atoms with E-state index < -0.39 is 5.97 Å². The van der Waals surface area contributed by atoms with Crippen molar-refractivity contribution >= 4 is 5.97 Å². The van der Waals surface area contributed by atoms with Gasteiger partial charge in [0.05, 0.1) is 0 Å². The Morgan fingerprint density at radius 3 is 2.38 bits per heavy atom. The Kier molecular flexibility index (Phi) is 8.02. The van der Waals surface area contributed by atoms with Crippen LogP contribution in [-0.4, -0.2) is 5.97 Å². The zero-order valence-corrected chi connectivity index (χ0v) is 13.8. The smallest absolute Gasteiger partial charge is 0.550 e. The molecule has 1 saturated carbocycles. The van der Waals surface area contributed by atoms with Gasteiger partial charge in [0, 0.05) is 5.97 Å². The van der Waals surface area contributed by atoms with Crippen LogP contribution in [0.5, 0.6) is 0 Å². The average molecular weight is 370 g/mol. The van der Waals surface area contributed by atoms with E-state index >= 15 is 0 Å². The quantitative estimate of drug-likeness (QED) is 0.704. The third-order valence-electron chi connectivity index (χ3n) is 2.72. The first-order valence-corrected chi connectivity index (χ1v) is 4.99. The van der Waals surface area contributed by atoms with Crippen LogP contribution in [0.25, 0.3) is 0 Å². The maximum Gasteiger partial charge on any atom is 1.00 e. The third-order valence-corrected chi connectivity index (χ3v) is 2.72. The fourth-order valence-corrected chi connectivity index (χ4v) is 2.01. The first-order valence-electron chi connectivity index (χ1n) is 4.99. The summed E-state index contributed by atoms with van der Waals surface area (Å²) in [5, 5.41) is 10.1. The summed E-state index contributed by atoms with van der Waals surface area (Å²) < 4.78 is 0. The van der Waals surface area contributed by atoms with Crippen molar-refractivity contribution in [1.29, 1.82) is 0 Å². The van der Waals surface area contributed by atoms with Crippen LogP contribution in [0.15, 0.2) is 0 Å². The number of hydrogen-bond donors (Lipinski definition) is 0. The molecule has 0 atom stereocenters. The van der Waals surface area contributed by atoms with Crippen LogP contribution in [0.1, 0.15) is 51.4 Å². The number of carboxylic acid groups (broad SMARTS) is 1. The molecule has 3 heteroatoms. The Bertz CT molecular complexity index is 142. The molecule has 2 nitrogen and oxygen atoms in total. The van der Waals surface area contributed by atoms with Crippen molar-refractivity contribution in [3.8, 4) is 0 Å². The van der Waals surface area contributed by atoms with Gasteiger partial charge < -0.3 is 9.90 Å². The molecule has 0 N–H and O–H groups in total. The molecule has 0 aliphatic heterocycles. The molecule has 0 bridgehead atoms. The molecule has 0 aromatic rings. The normalized spacial score (nSPS) is 17.8. The van der Waals surface area contributed by atoms with Gasteiger partial charge in [0.25, 0.3) is 0 Å². The van der Waals surface area contributed by atoms with Gasteiger partial charge in [-0.2, -0.15) is 0 Å². The van der Waals surface area contributed by atoms with E-state index in [1.807, 2.05) is 0 Å². The predicted octanol–water partition coefficient (Wildman–Crippen LogP) is 1.48. The molecule has 0 aromatic carbocycles. The molecule has 0 amide bonds. The Balaban J connectivity index is 0.00000144. The van der Waals surface area contributed by atoms with Crippen molar-refractivity contribution in [2.75, 3.05) is 0 Å². The van der Waals surface area contributed by atoms with Crippen LogP contribution in [0.3, 0.4) is 0 Å². The SMILES string of the molecule is O=C([O-])CCCC1CCCCC1.[Hg+]. The monoisotopic (exact) mass is 371 g/mol. The summed E-state index contributed by atoms with van der Waals surface area (Å²) in [5.74, 6) is -0.0936. The minimum Gasteiger partial charge on any atom is -0.550 e. The van der Waals surface area contributed by atoms with Crippen molar-refractivity contribution in [2.45, 2.75) is 51.4 Å².